The normalized spacial score (nSPS) is 14.0. The summed E-state index contributed by atoms with van der Waals surface area (Å²) in [6, 6.07) is -3.71. The van der Waals surface area contributed by atoms with Crippen LogP contribution in [-0.4, -0.2) is 100 Å². The molecule has 4 unspecified atom stereocenters. The quantitative estimate of drug-likeness (QED) is 0.127. The van der Waals surface area contributed by atoms with Crippen molar-refractivity contribution in [2.24, 2.45) is 11.7 Å². The summed E-state index contributed by atoms with van der Waals surface area (Å²) in [6.07, 6.45) is -1.62. The van der Waals surface area contributed by atoms with Crippen LogP contribution in [0.1, 0.15) is 33.1 Å². The molecule has 0 aromatic rings. The van der Waals surface area contributed by atoms with Gasteiger partial charge in [-0.15, -0.1) is 0 Å². The Morgan fingerprint density at radius 2 is 1.69 bits per heavy atom. The van der Waals surface area contributed by atoms with E-state index in [1.165, 1.54) is 0 Å². The summed E-state index contributed by atoms with van der Waals surface area (Å²) in [7, 11) is 2.12. The molecule has 0 radical (unpaired) electrons. The lowest BCUT2D eigenvalue weighted by Gasteiger charge is -2.22. The van der Waals surface area contributed by atoms with Crippen molar-refractivity contribution < 1.29 is 48.5 Å². The number of amides is 4. The van der Waals surface area contributed by atoms with Crippen LogP contribution in [0, 0.1) is 5.92 Å². The van der Waals surface area contributed by atoms with Gasteiger partial charge in [0.25, 0.3) is 11.8 Å². The van der Waals surface area contributed by atoms with Gasteiger partial charge in [0.05, 0.1) is 12.9 Å². The third kappa shape index (κ3) is 11.2. The third-order valence-corrected chi connectivity index (χ3v) is 6.01. The number of nitrogens with two attached hydrogens (primary N) is 1. The van der Waals surface area contributed by atoms with Crippen LogP contribution in [0.25, 0.3) is 0 Å². The molecule has 198 valence electrons. The van der Waals surface area contributed by atoms with Crippen molar-refractivity contribution in [1.29, 1.82) is 0 Å². The number of ether oxygens (including phenoxy) is 1. The first-order valence-electron chi connectivity index (χ1n) is 10.5. The largest absolute Gasteiger partial charge is 0.480 e. The monoisotopic (exact) mass is 520 g/mol. The second kappa shape index (κ2) is 15.7. The van der Waals surface area contributed by atoms with Gasteiger partial charge in [0.15, 0.2) is 0 Å². The Morgan fingerprint density at radius 3 is 2.17 bits per heavy atom. The number of carboxylic acid groups (broad SMARTS) is 2. The topological polar surface area (TPSA) is 222 Å². The predicted molar refractivity (Wildman–Crippen MR) is 123 cm³/mol. The number of ketones is 1. The van der Waals surface area contributed by atoms with Crippen LogP contribution < -0.4 is 16.4 Å². The van der Waals surface area contributed by atoms with Crippen molar-refractivity contribution in [3.63, 3.8) is 0 Å². The van der Waals surface area contributed by atoms with Crippen LogP contribution in [0.4, 0.5) is 4.79 Å². The number of rotatable bonds is 15. The summed E-state index contributed by atoms with van der Waals surface area (Å²) in [4.78, 5) is 83.1. The van der Waals surface area contributed by atoms with E-state index < -0.39 is 65.4 Å². The first kappa shape index (κ1) is 31.8. The molecule has 0 rings (SSSR count). The number of likely N-dealkylation sites (N-methyl/N-ethyl adjacent to an activating group) is 1. The lowest BCUT2D eigenvalue weighted by Crippen LogP contribution is -2.50. The highest BCUT2D eigenvalue weighted by Crippen LogP contribution is 2.11. The zero-order valence-electron chi connectivity index (χ0n) is 19.9. The minimum absolute atomic E-state index is 0.222. The SMILES string of the molecule is CCC(C)C(NC(=O)C(=O)CSCC(NC(=O)CCC(N)C(=O)O)C(=O)N(C)C(=O)O)C(=O)OC. The average Bonchev–Trinajstić information content (AvgIpc) is 2.82. The summed E-state index contributed by atoms with van der Waals surface area (Å²) in [5, 5.41) is 22.4. The van der Waals surface area contributed by atoms with Gasteiger partial charge in [-0.25, -0.2) is 14.5 Å². The van der Waals surface area contributed by atoms with E-state index >= 15 is 0 Å². The molecule has 0 saturated carbocycles. The van der Waals surface area contributed by atoms with Crippen LogP contribution >= 0.6 is 11.8 Å². The van der Waals surface area contributed by atoms with Gasteiger partial charge in [-0.3, -0.25) is 24.0 Å². The van der Waals surface area contributed by atoms with Gasteiger partial charge in [-0.1, -0.05) is 20.3 Å². The number of hydrogen-bond donors (Lipinski definition) is 5. The maximum absolute atomic E-state index is 12.4. The highest BCUT2D eigenvalue weighted by molar-refractivity contribution is 8.00. The molecule has 4 atom stereocenters. The van der Waals surface area contributed by atoms with Gasteiger partial charge >= 0.3 is 18.0 Å². The number of nitrogens with zero attached hydrogens (tertiary/aromatic N) is 1. The second-order valence-corrected chi connectivity index (χ2v) is 8.61. The predicted octanol–water partition coefficient (Wildman–Crippen LogP) is -1.19. The van der Waals surface area contributed by atoms with Crippen molar-refractivity contribution in [2.75, 3.05) is 25.7 Å². The molecule has 35 heavy (non-hydrogen) atoms. The number of carbonyl (C=O) groups is 7. The number of thioether (sulfide) groups is 1. The molecule has 0 aromatic carbocycles. The van der Waals surface area contributed by atoms with Crippen LogP contribution in [0.5, 0.6) is 0 Å². The molecule has 14 nitrogen and oxygen atoms in total. The van der Waals surface area contributed by atoms with E-state index in [1.807, 2.05) is 0 Å². The van der Waals surface area contributed by atoms with E-state index in [2.05, 4.69) is 15.4 Å². The zero-order chi connectivity index (χ0) is 27.3. The number of carboxylic acids is 1. The van der Waals surface area contributed by atoms with Crippen molar-refractivity contribution in [1.82, 2.24) is 15.5 Å². The maximum atomic E-state index is 12.4. The minimum Gasteiger partial charge on any atom is -0.480 e. The van der Waals surface area contributed by atoms with Crippen molar-refractivity contribution in [2.45, 2.75) is 51.2 Å². The minimum atomic E-state index is -1.58. The van der Waals surface area contributed by atoms with E-state index in [9.17, 15) is 33.6 Å². The number of carbonyl (C=O) groups excluding carboxylic acids is 5. The number of aliphatic carboxylic acids is 1. The summed E-state index contributed by atoms with van der Waals surface area (Å²) in [5.74, 6) is -6.72. The lowest BCUT2D eigenvalue weighted by molar-refractivity contribution is -0.147. The molecular weight excluding hydrogens is 488 g/mol. The molecule has 0 aliphatic rings. The number of imide groups is 1. The van der Waals surface area contributed by atoms with E-state index in [0.717, 1.165) is 25.9 Å². The summed E-state index contributed by atoms with van der Waals surface area (Å²) < 4.78 is 4.64. The first-order chi connectivity index (χ1) is 16.3. The van der Waals surface area contributed by atoms with Crippen LogP contribution in [-0.2, 0) is 33.5 Å². The van der Waals surface area contributed by atoms with Crippen molar-refractivity contribution in [3.8, 4) is 0 Å². The summed E-state index contributed by atoms with van der Waals surface area (Å²) in [6.45, 7) is 3.49. The highest BCUT2D eigenvalue weighted by Gasteiger charge is 2.30. The Bertz CT molecular complexity index is 822. The van der Waals surface area contributed by atoms with Crippen LogP contribution in [0.3, 0.4) is 0 Å². The molecule has 4 amide bonds. The Kier molecular flexibility index (Phi) is 14.2. The van der Waals surface area contributed by atoms with E-state index in [0.29, 0.717) is 11.3 Å². The average molecular weight is 521 g/mol. The number of nitrogens with one attached hydrogen (secondary N) is 2. The van der Waals surface area contributed by atoms with E-state index in [1.54, 1.807) is 13.8 Å². The Hall–Kier alpha value is -3.20. The van der Waals surface area contributed by atoms with Gasteiger partial charge in [0, 0.05) is 19.2 Å². The third-order valence-electron chi connectivity index (χ3n) is 4.98. The van der Waals surface area contributed by atoms with E-state index in [-0.39, 0.29) is 24.5 Å². The number of hydrogen-bond acceptors (Lipinski definition) is 10. The molecular formula is C20H32N4O10S. The van der Waals surface area contributed by atoms with E-state index in [4.69, 9.17) is 15.9 Å². The van der Waals surface area contributed by atoms with Gasteiger partial charge in [-0.05, 0) is 12.3 Å². The smallest absolute Gasteiger partial charge is 0.413 e. The molecule has 0 bridgehead atoms. The van der Waals surface area contributed by atoms with Gasteiger partial charge < -0.3 is 31.3 Å². The summed E-state index contributed by atoms with van der Waals surface area (Å²) in [5.41, 5.74) is 5.33. The first-order valence-corrected chi connectivity index (χ1v) is 11.7. The number of methoxy groups -OCH3 is 1. The molecule has 0 aliphatic heterocycles. The molecule has 0 aromatic heterocycles. The lowest BCUT2D eigenvalue weighted by atomic mass is 9.99. The standard InChI is InChI=1S/C20H32N4O10S/c1-5-10(2)15(19(31)34-4)23-16(27)13(25)9-35-8-12(17(28)24(3)20(32)33)22-14(26)7-6-11(21)18(29)30/h10-12,15H,5-9,21H2,1-4H3,(H,22,26)(H,23,27)(H,29,30)(H,32,33). The Balaban J connectivity index is 5.12. The zero-order valence-corrected chi connectivity index (χ0v) is 20.8. The maximum Gasteiger partial charge on any atom is 0.413 e. The van der Waals surface area contributed by atoms with Gasteiger partial charge in [0.1, 0.15) is 18.1 Å². The fourth-order valence-electron chi connectivity index (χ4n) is 2.53. The van der Waals surface area contributed by atoms with Gasteiger partial charge in [-0.2, -0.15) is 11.8 Å². The molecule has 0 heterocycles. The Morgan fingerprint density at radius 1 is 1.09 bits per heavy atom. The number of esters is 1. The molecule has 0 aliphatic carbocycles. The van der Waals surface area contributed by atoms with Crippen LogP contribution in [0.15, 0.2) is 0 Å². The van der Waals surface area contributed by atoms with Crippen molar-refractivity contribution in [3.05, 3.63) is 0 Å². The van der Waals surface area contributed by atoms with Crippen molar-refractivity contribution >= 4 is 53.3 Å². The van der Waals surface area contributed by atoms with Crippen LogP contribution in [0.2, 0.25) is 0 Å². The highest BCUT2D eigenvalue weighted by atomic mass is 32.2. The number of Topliss-reactive ketones (excluding diaryl/α,β-unsaturated/α-hetero) is 1. The summed E-state index contributed by atoms with van der Waals surface area (Å²) >= 11 is 0.781. The fourth-order valence-corrected chi connectivity index (χ4v) is 3.43. The Labute approximate surface area is 206 Å². The molecule has 15 heteroatoms. The second-order valence-electron chi connectivity index (χ2n) is 7.58. The fraction of sp³-hybridized carbons (Fsp3) is 0.650. The molecule has 0 spiro atoms. The molecule has 6 N–H and O–H groups in total. The van der Waals surface area contributed by atoms with Gasteiger partial charge in [0.2, 0.25) is 11.7 Å². The molecule has 0 fully saturated rings. The molecule has 0 saturated heterocycles.